The molecule has 2 N–H and O–H groups in total. The van der Waals surface area contributed by atoms with Crippen molar-refractivity contribution in [1.29, 1.82) is 0 Å². The largest absolute Gasteiger partial charge is 0.416 e. The maximum atomic E-state index is 13.0. The molecule has 0 radical (unpaired) electrons. The normalized spacial score (nSPS) is 20.8. The second-order valence-corrected chi connectivity index (χ2v) is 5.93. The van der Waals surface area contributed by atoms with E-state index in [1.807, 2.05) is 6.92 Å². The van der Waals surface area contributed by atoms with E-state index < -0.39 is 11.7 Å². The highest BCUT2D eigenvalue weighted by Gasteiger charge is 2.34. The molecular weight excluding hydrogens is 293 g/mol. The van der Waals surface area contributed by atoms with Gasteiger partial charge in [-0.05, 0) is 37.3 Å². The predicted octanol–water partition coefficient (Wildman–Crippen LogP) is 2.83. The van der Waals surface area contributed by atoms with Crippen molar-refractivity contribution >= 4 is 5.91 Å². The lowest BCUT2D eigenvalue weighted by molar-refractivity contribution is -0.139. The van der Waals surface area contributed by atoms with Gasteiger partial charge in [0.1, 0.15) is 0 Å². The zero-order valence-corrected chi connectivity index (χ0v) is 12.6. The maximum Gasteiger partial charge on any atom is 0.416 e. The van der Waals surface area contributed by atoms with E-state index in [2.05, 4.69) is 0 Å². The van der Waals surface area contributed by atoms with Crippen LogP contribution in [0.5, 0.6) is 0 Å². The first-order chi connectivity index (χ1) is 10.3. The number of amides is 1. The number of hydrogen-bond donors (Lipinski definition) is 1. The molecule has 0 saturated carbocycles. The van der Waals surface area contributed by atoms with Crippen LogP contribution in [0, 0.1) is 5.92 Å². The molecule has 1 aromatic carbocycles. The number of benzene rings is 1. The molecule has 1 amide bonds. The molecule has 1 heterocycles. The fourth-order valence-corrected chi connectivity index (χ4v) is 2.89. The van der Waals surface area contributed by atoms with E-state index in [0.717, 1.165) is 18.9 Å². The van der Waals surface area contributed by atoms with Gasteiger partial charge in [0, 0.05) is 19.1 Å². The molecule has 1 fully saturated rings. The predicted molar refractivity (Wildman–Crippen MR) is 78.1 cm³/mol. The van der Waals surface area contributed by atoms with Crippen LogP contribution in [0.3, 0.4) is 0 Å². The fourth-order valence-electron chi connectivity index (χ4n) is 2.89. The zero-order valence-electron chi connectivity index (χ0n) is 12.6. The summed E-state index contributed by atoms with van der Waals surface area (Å²) in [6.45, 7) is 3.03. The Morgan fingerprint density at radius 2 is 2.09 bits per heavy atom. The minimum Gasteiger partial charge on any atom is -0.342 e. The second kappa shape index (κ2) is 6.69. The molecular formula is C16H21F3N2O. The zero-order chi connectivity index (χ0) is 16.3. The van der Waals surface area contributed by atoms with E-state index in [-0.39, 0.29) is 29.9 Å². The standard InChI is InChI=1S/C16H21F3N2O/c1-11(20)13-6-4-8-21(10-13)15(22)9-12-5-2-3-7-14(12)16(17,18)19/h2-3,5,7,11,13H,4,6,8-10,20H2,1H3/t11-,13-/m0/s1. The van der Waals surface area contributed by atoms with Crippen molar-refractivity contribution in [2.45, 2.75) is 38.4 Å². The van der Waals surface area contributed by atoms with Crippen molar-refractivity contribution in [2.24, 2.45) is 11.7 Å². The van der Waals surface area contributed by atoms with Gasteiger partial charge in [0.2, 0.25) is 5.91 Å². The molecule has 1 aliphatic heterocycles. The Bertz CT molecular complexity index is 528. The van der Waals surface area contributed by atoms with Crippen molar-refractivity contribution in [3.05, 3.63) is 35.4 Å². The first-order valence-corrected chi connectivity index (χ1v) is 7.47. The second-order valence-electron chi connectivity index (χ2n) is 5.93. The number of carbonyl (C=O) groups is 1. The number of nitrogens with zero attached hydrogens (tertiary/aromatic N) is 1. The molecule has 3 nitrogen and oxygen atoms in total. The smallest absolute Gasteiger partial charge is 0.342 e. The maximum absolute atomic E-state index is 13.0. The molecule has 22 heavy (non-hydrogen) atoms. The van der Waals surface area contributed by atoms with Gasteiger partial charge in [-0.1, -0.05) is 18.2 Å². The minimum atomic E-state index is -4.44. The van der Waals surface area contributed by atoms with Gasteiger partial charge in [-0.3, -0.25) is 4.79 Å². The third-order valence-corrected chi connectivity index (χ3v) is 4.22. The molecule has 1 aromatic rings. The van der Waals surface area contributed by atoms with E-state index in [1.165, 1.54) is 18.2 Å². The van der Waals surface area contributed by atoms with Crippen molar-refractivity contribution in [3.63, 3.8) is 0 Å². The quantitative estimate of drug-likeness (QED) is 0.932. The summed E-state index contributed by atoms with van der Waals surface area (Å²) >= 11 is 0. The van der Waals surface area contributed by atoms with Gasteiger partial charge < -0.3 is 10.6 Å². The summed E-state index contributed by atoms with van der Waals surface area (Å²) in [4.78, 5) is 14.0. The Hall–Kier alpha value is -1.56. The number of likely N-dealkylation sites (tertiary alicyclic amines) is 1. The van der Waals surface area contributed by atoms with Crippen molar-refractivity contribution in [3.8, 4) is 0 Å². The van der Waals surface area contributed by atoms with Crippen LogP contribution < -0.4 is 5.73 Å². The number of alkyl halides is 3. The van der Waals surface area contributed by atoms with E-state index in [1.54, 1.807) is 4.90 Å². The number of halogens is 3. The number of hydrogen-bond acceptors (Lipinski definition) is 2. The van der Waals surface area contributed by atoms with E-state index in [4.69, 9.17) is 5.73 Å². The average Bonchev–Trinajstić information content (AvgIpc) is 2.46. The molecule has 0 aromatic heterocycles. The summed E-state index contributed by atoms with van der Waals surface area (Å²) in [7, 11) is 0. The van der Waals surface area contributed by atoms with Crippen LogP contribution in [-0.4, -0.2) is 29.9 Å². The van der Waals surface area contributed by atoms with Crippen LogP contribution in [0.4, 0.5) is 13.2 Å². The topological polar surface area (TPSA) is 46.3 Å². The summed E-state index contributed by atoms with van der Waals surface area (Å²) in [5.41, 5.74) is 5.17. The lowest BCUT2D eigenvalue weighted by Gasteiger charge is -2.34. The Morgan fingerprint density at radius 1 is 1.41 bits per heavy atom. The number of carbonyl (C=O) groups excluding carboxylic acids is 1. The molecule has 2 atom stereocenters. The molecule has 0 bridgehead atoms. The molecule has 0 unspecified atom stereocenters. The van der Waals surface area contributed by atoms with Crippen LogP contribution in [0.15, 0.2) is 24.3 Å². The fraction of sp³-hybridized carbons (Fsp3) is 0.562. The summed E-state index contributed by atoms with van der Waals surface area (Å²) in [6.07, 6.45) is -2.85. The molecule has 0 aliphatic carbocycles. The van der Waals surface area contributed by atoms with E-state index >= 15 is 0 Å². The lowest BCUT2D eigenvalue weighted by Crippen LogP contribution is -2.45. The highest BCUT2D eigenvalue weighted by molar-refractivity contribution is 5.79. The average molecular weight is 314 g/mol. The third-order valence-electron chi connectivity index (χ3n) is 4.22. The molecule has 2 rings (SSSR count). The summed E-state index contributed by atoms with van der Waals surface area (Å²) < 4.78 is 38.9. The third kappa shape index (κ3) is 4.00. The van der Waals surface area contributed by atoms with Gasteiger partial charge in [0.15, 0.2) is 0 Å². The Balaban J connectivity index is 2.09. The van der Waals surface area contributed by atoms with Crippen molar-refractivity contribution in [2.75, 3.05) is 13.1 Å². The van der Waals surface area contributed by atoms with Crippen LogP contribution >= 0.6 is 0 Å². The number of rotatable bonds is 3. The van der Waals surface area contributed by atoms with E-state index in [9.17, 15) is 18.0 Å². The lowest BCUT2D eigenvalue weighted by atomic mass is 9.91. The van der Waals surface area contributed by atoms with Crippen molar-refractivity contribution < 1.29 is 18.0 Å². The highest BCUT2D eigenvalue weighted by Crippen LogP contribution is 2.32. The van der Waals surface area contributed by atoms with Gasteiger partial charge in [0.05, 0.1) is 12.0 Å². The molecule has 122 valence electrons. The Kier molecular flexibility index (Phi) is 5.11. The van der Waals surface area contributed by atoms with Gasteiger partial charge in [-0.25, -0.2) is 0 Å². The van der Waals surface area contributed by atoms with Gasteiger partial charge in [0.25, 0.3) is 0 Å². The highest BCUT2D eigenvalue weighted by atomic mass is 19.4. The van der Waals surface area contributed by atoms with E-state index in [0.29, 0.717) is 13.1 Å². The number of piperidine rings is 1. The van der Waals surface area contributed by atoms with Crippen molar-refractivity contribution in [1.82, 2.24) is 4.90 Å². The summed E-state index contributed by atoms with van der Waals surface area (Å²) in [5.74, 6) is -0.0439. The Morgan fingerprint density at radius 3 is 2.73 bits per heavy atom. The monoisotopic (exact) mass is 314 g/mol. The minimum absolute atomic E-state index is 0.0157. The first kappa shape index (κ1) is 16.8. The Labute approximate surface area is 128 Å². The molecule has 1 saturated heterocycles. The van der Waals surface area contributed by atoms with Gasteiger partial charge >= 0.3 is 6.18 Å². The van der Waals surface area contributed by atoms with Gasteiger partial charge in [-0.2, -0.15) is 13.2 Å². The molecule has 1 aliphatic rings. The summed E-state index contributed by atoms with van der Waals surface area (Å²) in [5, 5.41) is 0. The summed E-state index contributed by atoms with van der Waals surface area (Å²) in [6, 6.07) is 5.23. The van der Waals surface area contributed by atoms with Crippen LogP contribution in [-0.2, 0) is 17.4 Å². The van der Waals surface area contributed by atoms with Crippen LogP contribution in [0.2, 0.25) is 0 Å². The van der Waals surface area contributed by atoms with Crippen LogP contribution in [0.1, 0.15) is 30.9 Å². The first-order valence-electron chi connectivity index (χ1n) is 7.47. The van der Waals surface area contributed by atoms with Crippen LogP contribution in [0.25, 0.3) is 0 Å². The molecule has 6 heteroatoms. The molecule has 0 spiro atoms. The SMILES string of the molecule is C[C@H](N)[C@H]1CCCN(C(=O)Cc2ccccc2C(F)(F)F)C1. The van der Waals surface area contributed by atoms with Gasteiger partial charge in [-0.15, -0.1) is 0 Å². The number of nitrogens with two attached hydrogens (primary N) is 1.